The fraction of sp³-hybridized carbons (Fsp3) is 0.588. The van der Waals surface area contributed by atoms with Crippen LogP contribution in [-0.2, 0) is 16.1 Å². The van der Waals surface area contributed by atoms with E-state index in [2.05, 4.69) is 4.90 Å². The van der Waals surface area contributed by atoms with Crippen LogP contribution in [0.5, 0.6) is 0 Å². The van der Waals surface area contributed by atoms with Gasteiger partial charge in [0.2, 0.25) is 0 Å². The molecule has 4 nitrogen and oxygen atoms in total. The van der Waals surface area contributed by atoms with Crippen molar-refractivity contribution in [1.82, 2.24) is 9.80 Å². The Labute approximate surface area is 136 Å². The molecule has 1 aromatic carbocycles. The predicted octanol–water partition coefficient (Wildman–Crippen LogP) is 2.39. The molecular formula is C17H24F2N2O2. The van der Waals surface area contributed by atoms with E-state index < -0.39 is 19.1 Å². The number of carbonyl (C=O) groups is 1. The van der Waals surface area contributed by atoms with E-state index in [0.717, 1.165) is 13.1 Å². The number of rotatable bonds is 7. The standard InChI is InChI=1S/C17H24F2N2O2/c1-2-8-21(13-16(18)19)17(22)15-12-20(9-10-23-15)11-14-6-4-3-5-7-14/h3-7,15-16H,2,8-13H2,1H3. The first-order chi connectivity index (χ1) is 11.1. The van der Waals surface area contributed by atoms with E-state index >= 15 is 0 Å². The largest absolute Gasteiger partial charge is 0.366 e. The summed E-state index contributed by atoms with van der Waals surface area (Å²) in [4.78, 5) is 15.8. The summed E-state index contributed by atoms with van der Waals surface area (Å²) < 4.78 is 30.8. The van der Waals surface area contributed by atoms with Crippen LogP contribution in [0, 0.1) is 0 Å². The lowest BCUT2D eigenvalue weighted by molar-refractivity contribution is -0.151. The summed E-state index contributed by atoms with van der Waals surface area (Å²) in [5, 5.41) is 0. The Morgan fingerprint density at radius 3 is 2.78 bits per heavy atom. The maximum absolute atomic E-state index is 12.7. The summed E-state index contributed by atoms with van der Waals surface area (Å²) in [6.07, 6.45) is -2.52. The second kappa shape index (κ2) is 8.93. The molecule has 2 rings (SSSR count). The number of alkyl halides is 2. The summed E-state index contributed by atoms with van der Waals surface area (Å²) in [5.74, 6) is -0.329. The lowest BCUT2D eigenvalue weighted by atomic mass is 10.1. The molecule has 0 saturated carbocycles. The van der Waals surface area contributed by atoms with Gasteiger partial charge in [-0.25, -0.2) is 8.78 Å². The smallest absolute Gasteiger partial charge is 0.255 e. The van der Waals surface area contributed by atoms with Crippen LogP contribution >= 0.6 is 0 Å². The normalized spacial score (nSPS) is 19.0. The van der Waals surface area contributed by atoms with Crippen LogP contribution in [0.1, 0.15) is 18.9 Å². The van der Waals surface area contributed by atoms with Crippen molar-refractivity contribution < 1.29 is 18.3 Å². The van der Waals surface area contributed by atoms with Gasteiger partial charge < -0.3 is 9.64 Å². The number of benzene rings is 1. The van der Waals surface area contributed by atoms with Gasteiger partial charge in [0, 0.05) is 26.2 Å². The molecule has 0 aromatic heterocycles. The minimum Gasteiger partial charge on any atom is -0.366 e. The molecule has 128 valence electrons. The highest BCUT2D eigenvalue weighted by Gasteiger charge is 2.31. The van der Waals surface area contributed by atoms with Crippen LogP contribution in [-0.4, -0.2) is 61.0 Å². The Hall–Kier alpha value is -1.53. The van der Waals surface area contributed by atoms with Crippen LogP contribution in [0.2, 0.25) is 0 Å². The average molecular weight is 326 g/mol. The molecule has 6 heteroatoms. The van der Waals surface area contributed by atoms with Gasteiger partial charge in [-0.3, -0.25) is 9.69 Å². The lowest BCUT2D eigenvalue weighted by Gasteiger charge is -2.35. The maximum Gasteiger partial charge on any atom is 0.255 e. The summed E-state index contributed by atoms with van der Waals surface area (Å²) >= 11 is 0. The van der Waals surface area contributed by atoms with Crippen molar-refractivity contribution in [2.45, 2.75) is 32.4 Å². The third-order valence-electron chi connectivity index (χ3n) is 3.84. The monoisotopic (exact) mass is 326 g/mol. The first-order valence-electron chi connectivity index (χ1n) is 8.05. The first kappa shape index (κ1) is 17.8. The molecule has 1 aliphatic heterocycles. The van der Waals surface area contributed by atoms with Crippen LogP contribution < -0.4 is 0 Å². The molecule has 1 heterocycles. The molecule has 0 N–H and O–H groups in total. The van der Waals surface area contributed by atoms with E-state index in [1.165, 1.54) is 10.5 Å². The SMILES string of the molecule is CCCN(CC(F)F)C(=O)C1CN(Cc2ccccc2)CCO1. The molecule has 1 saturated heterocycles. The maximum atomic E-state index is 12.7. The molecule has 1 unspecified atom stereocenters. The molecule has 1 fully saturated rings. The van der Waals surface area contributed by atoms with E-state index in [1.54, 1.807) is 0 Å². The Bertz CT molecular complexity index is 485. The molecule has 23 heavy (non-hydrogen) atoms. The lowest BCUT2D eigenvalue weighted by Crippen LogP contribution is -2.51. The Kier molecular flexibility index (Phi) is 6.92. The van der Waals surface area contributed by atoms with E-state index in [0.29, 0.717) is 26.1 Å². The molecule has 1 atom stereocenters. The zero-order valence-corrected chi connectivity index (χ0v) is 13.5. The average Bonchev–Trinajstić information content (AvgIpc) is 2.54. The summed E-state index contributed by atoms with van der Waals surface area (Å²) in [6.45, 7) is 4.04. The highest BCUT2D eigenvalue weighted by atomic mass is 19.3. The number of carbonyl (C=O) groups excluding carboxylic acids is 1. The minimum atomic E-state index is -2.52. The van der Waals surface area contributed by atoms with Crippen LogP contribution in [0.15, 0.2) is 30.3 Å². The predicted molar refractivity (Wildman–Crippen MR) is 84.3 cm³/mol. The molecule has 0 spiro atoms. The van der Waals surface area contributed by atoms with Crippen LogP contribution in [0.3, 0.4) is 0 Å². The third kappa shape index (κ3) is 5.55. The van der Waals surface area contributed by atoms with Gasteiger partial charge in [0.1, 0.15) is 6.10 Å². The third-order valence-corrected chi connectivity index (χ3v) is 3.84. The van der Waals surface area contributed by atoms with E-state index in [9.17, 15) is 13.6 Å². The fourth-order valence-corrected chi connectivity index (χ4v) is 2.77. The van der Waals surface area contributed by atoms with Crippen molar-refractivity contribution in [2.75, 3.05) is 32.8 Å². The molecule has 1 amide bonds. The minimum absolute atomic E-state index is 0.329. The summed E-state index contributed by atoms with van der Waals surface area (Å²) in [7, 11) is 0. The van der Waals surface area contributed by atoms with Crippen molar-refractivity contribution in [3.05, 3.63) is 35.9 Å². The van der Waals surface area contributed by atoms with Gasteiger partial charge in [0.25, 0.3) is 12.3 Å². The van der Waals surface area contributed by atoms with Crippen molar-refractivity contribution in [3.8, 4) is 0 Å². The summed E-state index contributed by atoms with van der Waals surface area (Å²) in [6, 6.07) is 9.98. The van der Waals surface area contributed by atoms with Gasteiger partial charge in [-0.1, -0.05) is 37.3 Å². The Balaban J connectivity index is 1.94. The number of amides is 1. The highest BCUT2D eigenvalue weighted by Crippen LogP contribution is 2.13. The highest BCUT2D eigenvalue weighted by molar-refractivity contribution is 5.81. The zero-order chi connectivity index (χ0) is 16.7. The van der Waals surface area contributed by atoms with Gasteiger partial charge in [-0.15, -0.1) is 0 Å². The number of nitrogens with zero attached hydrogens (tertiary/aromatic N) is 2. The van der Waals surface area contributed by atoms with Crippen molar-refractivity contribution in [2.24, 2.45) is 0 Å². The Morgan fingerprint density at radius 1 is 1.39 bits per heavy atom. The second-order valence-electron chi connectivity index (χ2n) is 5.76. The van der Waals surface area contributed by atoms with Gasteiger partial charge in [-0.2, -0.15) is 0 Å². The number of halogens is 2. The van der Waals surface area contributed by atoms with E-state index in [-0.39, 0.29) is 5.91 Å². The van der Waals surface area contributed by atoms with Gasteiger partial charge in [0.05, 0.1) is 13.2 Å². The van der Waals surface area contributed by atoms with Gasteiger partial charge >= 0.3 is 0 Å². The van der Waals surface area contributed by atoms with Crippen molar-refractivity contribution in [3.63, 3.8) is 0 Å². The number of hydrogen-bond acceptors (Lipinski definition) is 3. The number of ether oxygens (including phenoxy) is 1. The van der Waals surface area contributed by atoms with Gasteiger partial charge in [-0.05, 0) is 12.0 Å². The quantitative estimate of drug-likeness (QED) is 0.771. The zero-order valence-electron chi connectivity index (χ0n) is 13.5. The van der Waals surface area contributed by atoms with E-state index in [1.807, 2.05) is 37.3 Å². The first-order valence-corrected chi connectivity index (χ1v) is 8.05. The van der Waals surface area contributed by atoms with E-state index in [4.69, 9.17) is 4.74 Å². The van der Waals surface area contributed by atoms with Crippen molar-refractivity contribution in [1.29, 1.82) is 0 Å². The summed E-state index contributed by atoms with van der Waals surface area (Å²) in [5.41, 5.74) is 1.17. The van der Waals surface area contributed by atoms with Gasteiger partial charge in [0.15, 0.2) is 0 Å². The number of hydrogen-bond donors (Lipinski definition) is 0. The Morgan fingerprint density at radius 2 is 2.13 bits per heavy atom. The molecule has 1 aromatic rings. The van der Waals surface area contributed by atoms with Crippen molar-refractivity contribution >= 4 is 5.91 Å². The van der Waals surface area contributed by atoms with Crippen LogP contribution in [0.4, 0.5) is 8.78 Å². The second-order valence-corrected chi connectivity index (χ2v) is 5.76. The molecule has 0 bridgehead atoms. The fourth-order valence-electron chi connectivity index (χ4n) is 2.77. The van der Waals surface area contributed by atoms with Crippen LogP contribution in [0.25, 0.3) is 0 Å². The topological polar surface area (TPSA) is 32.8 Å². The molecule has 0 radical (unpaired) electrons. The molecular weight excluding hydrogens is 302 g/mol. The molecule has 1 aliphatic rings. The number of morpholine rings is 1. The molecule has 0 aliphatic carbocycles.